The quantitative estimate of drug-likeness (QED) is 0.478. The summed E-state index contributed by atoms with van der Waals surface area (Å²) in [6, 6.07) is 9.64. The first-order valence-corrected chi connectivity index (χ1v) is 12.9. The lowest BCUT2D eigenvalue weighted by Crippen LogP contribution is -2.40. The number of halogens is 1. The number of carbonyl (C=O) groups is 1. The van der Waals surface area contributed by atoms with Gasteiger partial charge in [-0.25, -0.2) is 13.4 Å². The summed E-state index contributed by atoms with van der Waals surface area (Å²) in [5.74, 6) is -0.413. The zero-order valence-electron chi connectivity index (χ0n) is 15.9. The van der Waals surface area contributed by atoms with Crippen molar-refractivity contribution in [3.05, 3.63) is 50.6 Å². The summed E-state index contributed by atoms with van der Waals surface area (Å²) in [5, 5.41) is 11.2. The van der Waals surface area contributed by atoms with Crippen molar-refractivity contribution < 1.29 is 17.9 Å². The average Bonchev–Trinajstić information content (AvgIpc) is 3.41. The van der Waals surface area contributed by atoms with Crippen LogP contribution in [0.3, 0.4) is 0 Å². The zero-order valence-corrected chi connectivity index (χ0v) is 19.9. The molecule has 0 saturated carbocycles. The minimum atomic E-state index is -3.60. The molecule has 0 bridgehead atoms. The van der Waals surface area contributed by atoms with Gasteiger partial charge in [-0.2, -0.15) is 4.31 Å². The molecule has 1 N–H and O–H groups in total. The Bertz CT molecular complexity index is 1200. The van der Waals surface area contributed by atoms with E-state index in [4.69, 9.17) is 4.74 Å². The molecule has 3 aromatic rings. The highest BCUT2D eigenvalue weighted by Gasteiger charge is 2.26. The van der Waals surface area contributed by atoms with E-state index in [1.54, 1.807) is 6.21 Å². The number of thiophene rings is 1. The molecule has 0 atom stereocenters. The summed E-state index contributed by atoms with van der Waals surface area (Å²) in [6.07, 6.45) is 1.68. The second-order valence-corrected chi connectivity index (χ2v) is 11.7. The van der Waals surface area contributed by atoms with Crippen molar-refractivity contribution in [1.29, 1.82) is 0 Å². The number of morpholine rings is 1. The molecular weight excluding hydrogens is 526 g/mol. The van der Waals surface area contributed by atoms with E-state index in [-0.39, 0.29) is 4.90 Å². The Labute approximate surface area is 195 Å². The zero-order chi connectivity index (χ0) is 21.8. The molecule has 31 heavy (non-hydrogen) atoms. The molecular formula is C18H16BrN5O4S3. The van der Waals surface area contributed by atoms with Crippen LogP contribution in [0.15, 0.2) is 50.1 Å². The summed E-state index contributed by atoms with van der Waals surface area (Å²) < 4.78 is 32.9. The van der Waals surface area contributed by atoms with Gasteiger partial charge in [-0.1, -0.05) is 11.3 Å². The third-order valence-electron chi connectivity index (χ3n) is 4.26. The first-order chi connectivity index (χ1) is 14.9. The molecule has 2 aromatic heterocycles. The van der Waals surface area contributed by atoms with Crippen molar-refractivity contribution in [2.75, 3.05) is 31.6 Å². The Hall–Kier alpha value is -2.03. The SMILES string of the molecule is O=C(Nc1nnc(/N=C/c2ccc(Br)s2)s1)c1ccc(S(=O)(=O)N2CCOCC2)cc1. The number of aliphatic imine (C=N–C) groups is 1. The molecule has 9 nitrogen and oxygen atoms in total. The first kappa shape index (κ1) is 22.2. The molecule has 0 spiro atoms. The maximum absolute atomic E-state index is 12.7. The maximum atomic E-state index is 12.7. The fraction of sp³-hybridized carbons (Fsp3) is 0.222. The normalized spacial score (nSPS) is 15.4. The van der Waals surface area contributed by atoms with Crippen molar-refractivity contribution in [1.82, 2.24) is 14.5 Å². The number of carbonyl (C=O) groups excluding carboxylic acids is 1. The van der Waals surface area contributed by atoms with E-state index in [2.05, 4.69) is 36.4 Å². The molecule has 162 valence electrons. The monoisotopic (exact) mass is 541 g/mol. The molecule has 1 amide bonds. The van der Waals surface area contributed by atoms with E-state index in [1.165, 1.54) is 39.9 Å². The molecule has 0 radical (unpaired) electrons. The third kappa shape index (κ3) is 5.42. The van der Waals surface area contributed by atoms with E-state index < -0.39 is 15.9 Å². The Balaban J connectivity index is 1.40. The van der Waals surface area contributed by atoms with Crippen molar-refractivity contribution in [3.8, 4) is 0 Å². The first-order valence-electron chi connectivity index (χ1n) is 9.04. The summed E-state index contributed by atoms with van der Waals surface area (Å²) in [4.78, 5) is 17.8. The van der Waals surface area contributed by atoms with Gasteiger partial charge in [0.2, 0.25) is 20.3 Å². The van der Waals surface area contributed by atoms with Crippen LogP contribution in [0.1, 0.15) is 15.2 Å². The van der Waals surface area contributed by atoms with Crippen LogP contribution >= 0.6 is 38.6 Å². The van der Waals surface area contributed by atoms with Crippen molar-refractivity contribution in [2.45, 2.75) is 4.90 Å². The van der Waals surface area contributed by atoms with Gasteiger partial charge in [0.25, 0.3) is 5.91 Å². The molecule has 1 aliphatic rings. The fourth-order valence-corrected chi connectivity index (χ4v) is 6.01. The van der Waals surface area contributed by atoms with Crippen LogP contribution in [0.5, 0.6) is 0 Å². The van der Waals surface area contributed by atoms with Gasteiger partial charge in [0, 0.05) is 29.7 Å². The summed E-state index contributed by atoms with van der Waals surface area (Å²) in [5.41, 5.74) is 0.310. The Morgan fingerprint density at radius 1 is 1.13 bits per heavy atom. The highest BCUT2D eigenvalue weighted by Crippen LogP contribution is 2.25. The maximum Gasteiger partial charge on any atom is 0.257 e. The molecule has 0 aliphatic carbocycles. The van der Waals surface area contributed by atoms with Crippen molar-refractivity contribution in [3.63, 3.8) is 0 Å². The van der Waals surface area contributed by atoms with E-state index in [0.29, 0.717) is 42.1 Å². The Morgan fingerprint density at radius 3 is 2.55 bits per heavy atom. The molecule has 3 heterocycles. The molecule has 13 heteroatoms. The topological polar surface area (TPSA) is 114 Å². The molecule has 1 fully saturated rings. The van der Waals surface area contributed by atoms with Crippen LogP contribution in [0.25, 0.3) is 0 Å². The lowest BCUT2D eigenvalue weighted by molar-refractivity contribution is 0.0730. The van der Waals surface area contributed by atoms with Gasteiger partial charge < -0.3 is 4.74 Å². The minimum absolute atomic E-state index is 0.138. The van der Waals surface area contributed by atoms with Crippen LogP contribution in [-0.4, -0.2) is 61.3 Å². The van der Waals surface area contributed by atoms with Gasteiger partial charge >= 0.3 is 0 Å². The molecule has 4 rings (SSSR count). The predicted octanol–water partition coefficient (Wildman–Crippen LogP) is 3.39. The van der Waals surface area contributed by atoms with Crippen LogP contribution in [0.4, 0.5) is 10.3 Å². The number of hydrogen-bond donors (Lipinski definition) is 1. The smallest absolute Gasteiger partial charge is 0.257 e. The number of amides is 1. The third-order valence-corrected chi connectivity index (χ3v) is 8.47. The summed E-state index contributed by atoms with van der Waals surface area (Å²) in [7, 11) is -3.60. The lowest BCUT2D eigenvalue weighted by atomic mass is 10.2. The Kier molecular flexibility index (Phi) is 6.89. The van der Waals surface area contributed by atoms with Crippen LogP contribution in [0, 0.1) is 0 Å². The van der Waals surface area contributed by atoms with Crippen LogP contribution in [-0.2, 0) is 14.8 Å². The number of nitrogens with one attached hydrogen (secondary N) is 1. The minimum Gasteiger partial charge on any atom is -0.379 e. The number of nitrogens with zero attached hydrogens (tertiary/aromatic N) is 4. The van der Waals surface area contributed by atoms with E-state index in [9.17, 15) is 13.2 Å². The number of aromatic nitrogens is 2. The van der Waals surface area contributed by atoms with E-state index in [1.807, 2.05) is 12.1 Å². The summed E-state index contributed by atoms with van der Waals surface area (Å²) in [6.45, 7) is 1.38. The predicted molar refractivity (Wildman–Crippen MR) is 123 cm³/mol. The van der Waals surface area contributed by atoms with E-state index >= 15 is 0 Å². The second kappa shape index (κ2) is 9.63. The van der Waals surface area contributed by atoms with Crippen molar-refractivity contribution in [2.24, 2.45) is 4.99 Å². The van der Waals surface area contributed by atoms with Gasteiger partial charge in [-0.3, -0.25) is 10.1 Å². The van der Waals surface area contributed by atoms with Gasteiger partial charge in [-0.05, 0) is 52.3 Å². The largest absolute Gasteiger partial charge is 0.379 e. The summed E-state index contributed by atoms with van der Waals surface area (Å²) >= 11 is 6.06. The highest BCUT2D eigenvalue weighted by molar-refractivity contribution is 9.11. The number of ether oxygens (including phenoxy) is 1. The number of benzene rings is 1. The van der Waals surface area contributed by atoms with Crippen LogP contribution in [0.2, 0.25) is 0 Å². The van der Waals surface area contributed by atoms with Gasteiger partial charge in [0.15, 0.2) is 0 Å². The Morgan fingerprint density at radius 2 is 1.87 bits per heavy atom. The molecule has 1 saturated heterocycles. The second-order valence-electron chi connectivity index (χ2n) is 6.28. The molecule has 1 aliphatic heterocycles. The van der Waals surface area contributed by atoms with Gasteiger partial charge in [0.05, 0.1) is 21.9 Å². The fourth-order valence-electron chi connectivity index (χ4n) is 2.72. The van der Waals surface area contributed by atoms with Crippen LogP contribution < -0.4 is 5.32 Å². The standard InChI is InChI=1S/C18H16BrN5O4S3/c19-15-6-3-13(29-15)11-20-17-22-23-18(30-17)21-16(25)12-1-4-14(5-2-12)31(26,27)24-7-9-28-10-8-24/h1-6,11H,7-10H2,(H,21,23,25)/b20-11+. The average molecular weight is 542 g/mol. The van der Waals surface area contributed by atoms with Gasteiger partial charge in [-0.15, -0.1) is 21.5 Å². The van der Waals surface area contributed by atoms with E-state index in [0.717, 1.165) is 20.0 Å². The highest BCUT2D eigenvalue weighted by atomic mass is 79.9. The van der Waals surface area contributed by atoms with Gasteiger partial charge in [0.1, 0.15) is 0 Å². The number of anilines is 1. The van der Waals surface area contributed by atoms with Crippen molar-refractivity contribution >= 4 is 71.0 Å². The number of sulfonamides is 1. The number of hydrogen-bond acceptors (Lipinski definition) is 9. The lowest BCUT2D eigenvalue weighted by Gasteiger charge is -2.26. The number of rotatable bonds is 6. The molecule has 0 unspecified atom stereocenters. The molecule has 1 aromatic carbocycles.